The number of carbonyl (C=O) groups excluding carboxylic acids is 1. The number of alkyl halides is 3. The van der Waals surface area contributed by atoms with E-state index in [-0.39, 0.29) is 18.0 Å². The van der Waals surface area contributed by atoms with Gasteiger partial charge >= 0.3 is 12.2 Å². The lowest BCUT2D eigenvalue weighted by Crippen LogP contribution is -2.44. The van der Waals surface area contributed by atoms with Gasteiger partial charge in [0.2, 0.25) is 0 Å². The minimum Gasteiger partial charge on any atom is -0.332 e. The summed E-state index contributed by atoms with van der Waals surface area (Å²) in [6.45, 7) is 2.78. The Morgan fingerprint density at radius 3 is 2.78 bits per heavy atom. The molecule has 0 unspecified atom stereocenters. The van der Waals surface area contributed by atoms with E-state index in [2.05, 4.69) is 11.4 Å². The minimum atomic E-state index is -4.17. The van der Waals surface area contributed by atoms with Gasteiger partial charge in [0, 0.05) is 25.7 Å². The number of nitrogens with zero attached hydrogens (tertiary/aromatic N) is 2. The third kappa shape index (κ3) is 6.05. The van der Waals surface area contributed by atoms with Gasteiger partial charge in [0.05, 0.1) is 6.54 Å². The summed E-state index contributed by atoms with van der Waals surface area (Å²) in [6, 6.07) is -0.00408. The van der Waals surface area contributed by atoms with Crippen LogP contribution in [0.25, 0.3) is 0 Å². The molecule has 2 amide bonds. The first kappa shape index (κ1) is 18.1. The van der Waals surface area contributed by atoms with Crippen LogP contribution in [0.5, 0.6) is 0 Å². The van der Waals surface area contributed by atoms with Crippen LogP contribution in [0.1, 0.15) is 32.6 Å². The van der Waals surface area contributed by atoms with E-state index in [0.29, 0.717) is 26.2 Å². The summed E-state index contributed by atoms with van der Waals surface area (Å²) in [4.78, 5) is 15.4. The Morgan fingerprint density at radius 1 is 1.39 bits per heavy atom. The Kier molecular flexibility index (Phi) is 6.33. The Hall–Kier alpha value is -1.24. The standard InChI is InChI=1S/C16H26F3N3O/c1-2-21(12-16(17,18)19)10-13-8-9-22(11-13)15(23)20-14-6-4-3-5-7-14/h4,6,13-14H,2-3,5,7-12H2,1H3,(H,20,23)/t13-,14+/m1/s1. The van der Waals surface area contributed by atoms with Gasteiger partial charge in [0.25, 0.3) is 0 Å². The molecule has 0 bridgehead atoms. The number of halogens is 3. The molecule has 0 spiro atoms. The van der Waals surface area contributed by atoms with Gasteiger partial charge in [-0.3, -0.25) is 4.90 Å². The third-order valence-electron chi connectivity index (χ3n) is 4.50. The van der Waals surface area contributed by atoms with E-state index in [1.165, 1.54) is 4.90 Å². The van der Waals surface area contributed by atoms with Gasteiger partial charge in [0.1, 0.15) is 0 Å². The number of urea groups is 1. The Balaban J connectivity index is 1.77. The largest absolute Gasteiger partial charge is 0.401 e. The predicted octanol–water partition coefficient (Wildman–Crippen LogP) is 3.01. The monoisotopic (exact) mass is 333 g/mol. The smallest absolute Gasteiger partial charge is 0.332 e. The molecule has 2 atom stereocenters. The van der Waals surface area contributed by atoms with Crippen molar-refractivity contribution in [1.82, 2.24) is 15.1 Å². The molecular weight excluding hydrogens is 307 g/mol. The summed E-state index contributed by atoms with van der Waals surface area (Å²) in [5.41, 5.74) is 0. The van der Waals surface area contributed by atoms with Crippen molar-refractivity contribution in [3.63, 3.8) is 0 Å². The van der Waals surface area contributed by atoms with Crippen LogP contribution in [-0.2, 0) is 0 Å². The van der Waals surface area contributed by atoms with E-state index in [0.717, 1.165) is 25.7 Å². The highest BCUT2D eigenvalue weighted by atomic mass is 19.4. The fourth-order valence-electron chi connectivity index (χ4n) is 3.27. The minimum absolute atomic E-state index is 0.0904. The summed E-state index contributed by atoms with van der Waals surface area (Å²) >= 11 is 0. The first-order valence-corrected chi connectivity index (χ1v) is 8.38. The summed E-state index contributed by atoms with van der Waals surface area (Å²) in [5.74, 6) is 0.116. The van der Waals surface area contributed by atoms with Crippen LogP contribution in [0.15, 0.2) is 12.2 Å². The number of rotatable bonds is 5. The van der Waals surface area contributed by atoms with Crippen molar-refractivity contribution in [3.05, 3.63) is 12.2 Å². The van der Waals surface area contributed by atoms with E-state index in [1.54, 1.807) is 11.8 Å². The highest BCUT2D eigenvalue weighted by Crippen LogP contribution is 2.21. The molecule has 2 rings (SSSR count). The average Bonchev–Trinajstić information content (AvgIpc) is 2.95. The SMILES string of the molecule is CCN(C[C@H]1CCN(C(=O)N[C@H]2C=CCCC2)C1)CC(F)(F)F. The van der Waals surface area contributed by atoms with Crippen LogP contribution in [0.3, 0.4) is 0 Å². The van der Waals surface area contributed by atoms with Crippen LogP contribution in [-0.4, -0.2) is 60.8 Å². The van der Waals surface area contributed by atoms with Crippen molar-refractivity contribution in [2.24, 2.45) is 5.92 Å². The van der Waals surface area contributed by atoms with Crippen molar-refractivity contribution >= 4 is 6.03 Å². The second kappa shape index (κ2) is 8.04. The topological polar surface area (TPSA) is 35.6 Å². The molecule has 1 fully saturated rings. The molecule has 0 aromatic heterocycles. The fourth-order valence-corrected chi connectivity index (χ4v) is 3.27. The summed E-state index contributed by atoms with van der Waals surface area (Å²) in [7, 11) is 0. The highest BCUT2D eigenvalue weighted by molar-refractivity contribution is 5.75. The lowest BCUT2D eigenvalue weighted by molar-refractivity contribution is -0.146. The van der Waals surface area contributed by atoms with Crippen LogP contribution >= 0.6 is 0 Å². The van der Waals surface area contributed by atoms with Gasteiger partial charge in [-0.15, -0.1) is 0 Å². The molecule has 7 heteroatoms. The number of amides is 2. The highest BCUT2D eigenvalue weighted by Gasteiger charge is 2.33. The zero-order valence-corrected chi connectivity index (χ0v) is 13.6. The molecule has 0 radical (unpaired) electrons. The van der Waals surface area contributed by atoms with E-state index in [4.69, 9.17) is 0 Å². The van der Waals surface area contributed by atoms with E-state index in [9.17, 15) is 18.0 Å². The van der Waals surface area contributed by atoms with Gasteiger partial charge in [-0.2, -0.15) is 13.2 Å². The second-order valence-electron chi connectivity index (χ2n) is 6.46. The predicted molar refractivity (Wildman–Crippen MR) is 83.2 cm³/mol. The number of carbonyl (C=O) groups is 1. The zero-order chi connectivity index (χ0) is 16.9. The normalized spacial score (nSPS) is 25.2. The molecule has 1 heterocycles. The van der Waals surface area contributed by atoms with Crippen LogP contribution in [0.4, 0.5) is 18.0 Å². The molecule has 1 N–H and O–H groups in total. The maximum atomic E-state index is 12.5. The van der Waals surface area contributed by atoms with Crippen molar-refractivity contribution in [2.45, 2.75) is 44.8 Å². The Bertz CT molecular complexity index is 425. The van der Waals surface area contributed by atoms with Crippen molar-refractivity contribution in [2.75, 3.05) is 32.7 Å². The van der Waals surface area contributed by atoms with E-state index < -0.39 is 12.7 Å². The molecule has 1 saturated heterocycles. The average molecular weight is 333 g/mol. The number of nitrogens with one attached hydrogen (secondary N) is 1. The van der Waals surface area contributed by atoms with Gasteiger partial charge < -0.3 is 10.2 Å². The Morgan fingerprint density at radius 2 is 2.17 bits per heavy atom. The quantitative estimate of drug-likeness (QED) is 0.785. The zero-order valence-electron chi connectivity index (χ0n) is 13.6. The lowest BCUT2D eigenvalue weighted by Gasteiger charge is -2.26. The third-order valence-corrected chi connectivity index (χ3v) is 4.50. The molecule has 1 aliphatic heterocycles. The summed E-state index contributed by atoms with van der Waals surface area (Å²) in [6.07, 6.45) is 3.79. The van der Waals surface area contributed by atoms with Crippen LogP contribution in [0.2, 0.25) is 0 Å². The molecule has 0 aromatic rings. The van der Waals surface area contributed by atoms with Gasteiger partial charge in [-0.1, -0.05) is 19.1 Å². The Labute approximate surface area is 135 Å². The van der Waals surface area contributed by atoms with E-state index in [1.807, 2.05) is 6.08 Å². The molecule has 1 aliphatic carbocycles. The molecule has 0 aromatic carbocycles. The van der Waals surface area contributed by atoms with Crippen LogP contribution in [0, 0.1) is 5.92 Å². The number of hydrogen-bond acceptors (Lipinski definition) is 2. The summed E-state index contributed by atoms with van der Waals surface area (Å²) in [5, 5.41) is 2.99. The van der Waals surface area contributed by atoms with Gasteiger partial charge in [-0.05, 0) is 38.1 Å². The molecule has 132 valence electrons. The molecule has 23 heavy (non-hydrogen) atoms. The molecule has 0 saturated carbocycles. The van der Waals surface area contributed by atoms with Crippen molar-refractivity contribution in [3.8, 4) is 0 Å². The molecule has 2 aliphatic rings. The van der Waals surface area contributed by atoms with E-state index >= 15 is 0 Å². The fraction of sp³-hybridized carbons (Fsp3) is 0.812. The number of hydrogen-bond donors (Lipinski definition) is 1. The first-order valence-electron chi connectivity index (χ1n) is 8.38. The number of allylic oxidation sites excluding steroid dienone is 1. The maximum Gasteiger partial charge on any atom is 0.401 e. The second-order valence-corrected chi connectivity index (χ2v) is 6.46. The van der Waals surface area contributed by atoms with Gasteiger partial charge in [0.15, 0.2) is 0 Å². The molecule has 4 nitrogen and oxygen atoms in total. The number of likely N-dealkylation sites (tertiary alicyclic amines) is 1. The lowest BCUT2D eigenvalue weighted by atomic mass is 10.0. The van der Waals surface area contributed by atoms with Crippen LogP contribution < -0.4 is 5.32 Å². The maximum absolute atomic E-state index is 12.5. The first-order chi connectivity index (χ1) is 10.9. The van der Waals surface area contributed by atoms with Crippen molar-refractivity contribution < 1.29 is 18.0 Å². The van der Waals surface area contributed by atoms with Crippen molar-refractivity contribution in [1.29, 1.82) is 0 Å². The van der Waals surface area contributed by atoms with Gasteiger partial charge in [-0.25, -0.2) is 4.79 Å². The molecular formula is C16H26F3N3O. The summed E-state index contributed by atoms with van der Waals surface area (Å²) < 4.78 is 37.5.